The van der Waals surface area contributed by atoms with Crippen molar-refractivity contribution < 1.29 is 4.74 Å². The normalized spacial score (nSPS) is 13.0. The van der Waals surface area contributed by atoms with E-state index in [-0.39, 0.29) is 6.10 Å². The van der Waals surface area contributed by atoms with E-state index in [9.17, 15) is 0 Å². The summed E-state index contributed by atoms with van der Waals surface area (Å²) in [6, 6.07) is 0. The number of thiocarbonyl (C=S) groups is 2. The standard InChI is InChI=1S/C12H24N6OS2/c1-7-19-9(2)10(14-16-12(21)18(5)6)8-13-15-11(20)17(3)4/h8-9H,7H2,1-6H3,(H,15,20)(H,16,21). The number of nitrogens with zero attached hydrogens (tertiary/aromatic N) is 4. The molecule has 2 N–H and O–H groups in total. The van der Waals surface area contributed by atoms with Gasteiger partial charge in [0.25, 0.3) is 0 Å². The van der Waals surface area contributed by atoms with E-state index in [2.05, 4.69) is 21.1 Å². The van der Waals surface area contributed by atoms with Crippen molar-refractivity contribution in [3.8, 4) is 0 Å². The van der Waals surface area contributed by atoms with Crippen molar-refractivity contribution in [3.05, 3.63) is 0 Å². The van der Waals surface area contributed by atoms with E-state index in [1.54, 1.807) is 16.0 Å². The predicted octanol–water partition coefficient (Wildman–Crippen LogP) is 0.625. The van der Waals surface area contributed by atoms with Crippen molar-refractivity contribution in [1.82, 2.24) is 20.7 Å². The summed E-state index contributed by atoms with van der Waals surface area (Å²) >= 11 is 10.2. The zero-order valence-electron chi connectivity index (χ0n) is 13.4. The van der Waals surface area contributed by atoms with Gasteiger partial charge in [0.05, 0.1) is 6.21 Å². The van der Waals surface area contributed by atoms with E-state index in [1.165, 1.54) is 0 Å². The molecule has 7 nitrogen and oxygen atoms in total. The summed E-state index contributed by atoms with van der Waals surface area (Å²) < 4.78 is 5.51. The molecule has 1 unspecified atom stereocenters. The maximum atomic E-state index is 5.51. The molecule has 0 aliphatic rings. The Balaban J connectivity index is 4.81. The molecule has 0 aliphatic carbocycles. The number of rotatable bonds is 6. The molecule has 1 atom stereocenters. The Bertz CT molecular complexity index is 409. The van der Waals surface area contributed by atoms with Gasteiger partial charge in [0, 0.05) is 34.8 Å². The smallest absolute Gasteiger partial charge is 0.189 e. The van der Waals surface area contributed by atoms with Gasteiger partial charge in [-0.1, -0.05) is 0 Å². The highest BCUT2D eigenvalue weighted by molar-refractivity contribution is 7.80. The van der Waals surface area contributed by atoms with Crippen LogP contribution in [0.25, 0.3) is 0 Å². The van der Waals surface area contributed by atoms with Gasteiger partial charge in [-0.05, 0) is 38.3 Å². The molecule has 0 aliphatic heterocycles. The minimum Gasteiger partial charge on any atom is -0.372 e. The lowest BCUT2D eigenvalue weighted by molar-refractivity contribution is 0.123. The average molecular weight is 332 g/mol. The number of hydrazone groups is 2. The first-order valence-corrected chi connectivity index (χ1v) is 7.28. The third kappa shape index (κ3) is 8.53. The van der Waals surface area contributed by atoms with Gasteiger partial charge in [-0.25, -0.2) is 0 Å². The SMILES string of the molecule is CCOC(C)C(C=NNC(=S)N(C)C)=NNC(=S)N(C)C. The van der Waals surface area contributed by atoms with Crippen molar-refractivity contribution in [2.24, 2.45) is 10.2 Å². The maximum absolute atomic E-state index is 5.51. The third-order valence-corrected chi connectivity index (χ3v) is 3.20. The molecule has 120 valence electrons. The molecule has 0 aromatic rings. The maximum Gasteiger partial charge on any atom is 0.189 e. The lowest BCUT2D eigenvalue weighted by Crippen LogP contribution is -2.34. The highest BCUT2D eigenvalue weighted by Gasteiger charge is 2.09. The first-order chi connectivity index (χ1) is 9.79. The molecule has 0 saturated carbocycles. The van der Waals surface area contributed by atoms with Gasteiger partial charge in [0.2, 0.25) is 0 Å². The zero-order valence-corrected chi connectivity index (χ0v) is 15.0. The molecular formula is C12H24N6OS2. The Morgan fingerprint density at radius 2 is 1.67 bits per heavy atom. The van der Waals surface area contributed by atoms with Crippen LogP contribution in [-0.2, 0) is 4.74 Å². The predicted molar refractivity (Wildman–Crippen MR) is 95.9 cm³/mol. The first-order valence-electron chi connectivity index (χ1n) is 6.46. The first kappa shape index (κ1) is 19.7. The second-order valence-corrected chi connectivity index (χ2v) is 5.29. The molecular weight excluding hydrogens is 308 g/mol. The Morgan fingerprint density at radius 3 is 2.14 bits per heavy atom. The molecule has 0 aromatic heterocycles. The molecule has 0 spiro atoms. The lowest BCUT2D eigenvalue weighted by Gasteiger charge is -2.15. The molecule has 0 aromatic carbocycles. The fourth-order valence-electron chi connectivity index (χ4n) is 1.03. The van der Waals surface area contributed by atoms with Crippen LogP contribution in [0.4, 0.5) is 0 Å². The van der Waals surface area contributed by atoms with Crippen LogP contribution >= 0.6 is 24.4 Å². The van der Waals surface area contributed by atoms with E-state index in [1.807, 2.05) is 42.0 Å². The topological polar surface area (TPSA) is 64.5 Å². The quantitative estimate of drug-likeness (QED) is 0.420. The van der Waals surface area contributed by atoms with Crippen molar-refractivity contribution >= 4 is 46.6 Å². The van der Waals surface area contributed by atoms with Crippen LogP contribution in [0, 0.1) is 0 Å². The van der Waals surface area contributed by atoms with E-state index >= 15 is 0 Å². The second kappa shape index (κ2) is 10.4. The molecule has 0 radical (unpaired) electrons. The molecule has 0 fully saturated rings. The number of hydrogen-bond acceptors (Lipinski definition) is 5. The van der Waals surface area contributed by atoms with Gasteiger partial charge >= 0.3 is 0 Å². The molecule has 0 amide bonds. The van der Waals surface area contributed by atoms with Crippen molar-refractivity contribution in [2.45, 2.75) is 20.0 Å². The largest absolute Gasteiger partial charge is 0.372 e. The van der Waals surface area contributed by atoms with Crippen LogP contribution in [0.1, 0.15) is 13.8 Å². The minimum atomic E-state index is -0.217. The van der Waals surface area contributed by atoms with Crippen LogP contribution < -0.4 is 10.9 Å². The van der Waals surface area contributed by atoms with Crippen molar-refractivity contribution in [3.63, 3.8) is 0 Å². The minimum absolute atomic E-state index is 0.217. The summed E-state index contributed by atoms with van der Waals surface area (Å²) in [4.78, 5) is 3.49. The number of hydrogen-bond donors (Lipinski definition) is 2. The lowest BCUT2D eigenvalue weighted by atomic mass is 10.2. The number of ether oxygens (including phenoxy) is 1. The van der Waals surface area contributed by atoms with E-state index in [4.69, 9.17) is 29.2 Å². The van der Waals surface area contributed by atoms with E-state index < -0.39 is 0 Å². The van der Waals surface area contributed by atoms with Gasteiger partial charge in [-0.15, -0.1) is 0 Å². The molecule has 9 heteroatoms. The summed E-state index contributed by atoms with van der Waals surface area (Å²) in [6.45, 7) is 4.39. The molecule has 0 saturated heterocycles. The fourth-order valence-corrected chi connectivity index (χ4v) is 1.12. The summed E-state index contributed by atoms with van der Waals surface area (Å²) in [5, 5.41) is 9.28. The van der Waals surface area contributed by atoms with Gasteiger partial charge in [-0.2, -0.15) is 10.2 Å². The molecule has 21 heavy (non-hydrogen) atoms. The summed E-state index contributed by atoms with van der Waals surface area (Å²) in [6.07, 6.45) is 1.34. The number of nitrogens with one attached hydrogen (secondary N) is 2. The summed E-state index contributed by atoms with van der Waals surface area (Å²) in [7, 11) is 7.34. The Kier molecular flexibility index (Phi) is 9.76. The molecule has 0 heterocycles. The van der Waals surface area contributed by atoms with Gasteiger partial charge in [0.1, 0.15) is 11.8 Å². The van der Waals surface area contributed by atoms with Crippen LogP contribution in [0.2, 0.25) is 0 Å². The van der Waals surface area contributed by atoms with Gasteiger partial charge in [-0.3, -0.25) is 10.9 Å². The zero-order chi connectivity index (χ0) is 16.4. The van der Waals surface area contributed by atoms with Crippen molar-refractivity contribution in [2.75, 3.05) is 34.8 Å². The van der Waals surface area contributed by atoms with Crippen LogP contribution in [0.5, 0.6) is 0 Å². The highest BCUT2D eigenvalue weighted by Crippen LogP contribution is 1.94. The Morgan fingerprint density at radius 1 is 1.14 bits per heavy atom. The van der Waals surface area contributed by atoms with Crippen LogP contribution in [-0.4, -0.2) is 72.9 Å². The van der Waals surface area contributed by atoms with Gasteiger partial charge < -0.3 is 14.5 Å². The van der Waals surface area contributed by atoms with Crippen molar-refractivity contribution in [1.29, 1.82) is 0 Å². The highest BCUT2D eigenvalue weighted by atomic mass is 32.1. The van der Waals surface area contributed by atoms with Crippen LogP contribution in [0.15, 0.2) is 10.2 Å². The average Bonchev–Trinajstić information content (AvgIpc) is 2.41. The Labute approximate surface area is 137 Å². The summed E-state index contributed by atoms with van der Waals surface area (Å²) in [5.41, 5.74) is 6.13. The molecule has 0 rings (SSSR count). The van der Waals surface area contributed by atoms with E-state index in [0.29, 0.717) is 22.5 Å². The summed E-state index contributed by atoms with van der Waals surface area (Å²) in [5.74, 6) is 0. The Hall–Kier alpha value is -1.32. The fraction of sp³-hybridized carbons (Fsp3) is 0.667. The third-order valence-electron chi connectivity index (χ3n) is 2.28. The monoisotopic (exact) mass is 332 g/mol. The van der Waals surface area contributed by atoms with Crippen LogP contribution in [0.3, 0.4) is 0 Å². The van der Waals surface area contributed by atoms with Gasteiger partial charge in [0.15, 0.2) is 10.2 Å². The molecule has 0 bridgehead atoms. The van der Waals surface area contributed by atoms with E-state index in [0.717, 1.165) is 0 Å². The second-order valence-electron chi connectivity index (χ2n) is 4.52.